The van der Waals surface area contributed by atoms with Gasteiger partial charge in [-0.3, -0.25) is 4.79 Å². The van der Waals surface area contributed by atoms with Crippen molar-refractivity contribution in [2.75, 3.05) is 32.7 Å². The second kappa shape index (κ2) is 8.88. The fraction of sp³-hybridized carbons (Fsp3) is 0.600. The van der Waals surface area contributed by atoms with Crippen LogP contribution in [0, 0.1) is 5.41 Å². The van der Waals surface area contributed by atoms with Crippen molar-refractivity contribution in [2.45, 2.75) is 40.0 Å². The molecule has 0 unspecified atom stereocenters. The molecule has 1 heterocycles. The largest absolute Gasteiger partial charge is 0.341 e. The number of benzene rings is 1. The van der Waals surface area contributed by atoms with Gasteiger partial charge in [-0.1, -0.05) is 51.1 Å². The molecular formula is C20H31N3O2. The van der Waals surface area contributed by atoms with Crippen molar-refractivity contribution in [3.8, 4) is 0 Å². The first-order chi connectivity index (χ1) is 11.8. The molecule has 0 saturated carbocycles. The number of nitrogens with zero attached hydrogens (tertiary/aromatic N) is 2. The van der Waals surface area contributed by atoms with E-state index in [4.69, 9.17) is 0 Å². The van der Waals surface area contributed by atoms with Gasteiger partial charge in [0.15, 0.2) is 0 Å². The molecule has 1 aromatic rings. The number of aryl methyl sites for hydroxylation is 1. The summed E-state index contributed by atoms with van der Waals surface area (Å²) in [5.41, 5.74) is 1.26. The van der Waals surface area contributed by atoms with Gasteiger partial charge in [-0.15, -0.1) is 0 Å². The van der Waals surface area contributed by atoms with Crippen molar-refractivity contribution < 1.29 is 9.59 Å². The van der Waals surface area contributed by atoms with Crippen molar-refractivity contribution in [2.24, 2.45) is 5.41 Å². The first-order valence-electron chi connectivity index (χ1n) is 9.20. The van der Waals surface area contributed by atoms with Crippen LogP contribution in [0.15, 0.2) is 30.3 Å². The van der Waals surface area contributed by atoms with E-state index in [0.29, 0.717) is 32.6 Å². The highest BCUT2D eigenvalue weighted by Gasteiger charge is 2.22. The van der Waals surface area contributed by atoms with Gasteiger partial charge >= 0.3 is 6.03 Å². The zero-order valence-corrected chi connectivity index (χ0v) is 15.8. The Morgan fingerprint density at radius 1 is 1.00 bits per heavy atom. The Balaban J connectivity index is 1.78. The summed E-state index contributed by atoms with van der Waals surface area (Å²) in [6.07, 6.45) is 2.13. The molecule has 0 radical (unpaired) electrons. The third-order valence-electron chi connectivity index (χ3n) is 4.38. The second-order valence-corrected chi connectivity index (χ2v) is 7.93. The molecule has 5 heteroatoms. The SMILES string of the molecule is CC(C)(C)CNC(=O)N1CCCN(C(=O)CCc2ccccc2)CC1. The van der Waals surface area contributed by atoms with Gasteiger partial charge in [0.2, 0.25) is 5.91 Å². The van der Waals surface area contributed by atoms with Crippen LogP contribution in [0.1, 0.15) is 39.2 Å². The van der Waals surface area contributed by atoms with E-state index >= 15 is 0 Å². The normalized spacial score (nSPS) is 15.6. The van der Waals surface area contributed by atoms with Gasteiger partial charge in [-0.2, -0.15) is 0 Å². The molecule has 0 atom stereocenters. The molecule has 1 aliphatic heterocycles. The molecular weight excluding hydrogens is 314 g/mol. The van der Waals surface area contributed by atoms with E-state index in [2.05, 4.69) is 38.2 Å². The Hall–Kier alpha value is -2.04. The van der Waals surface area contributed by atoms with E-state index < -0.39 is 0 Å². The molecule has 0 bridgehead atoms. The van der Waals surface area contributed by atoms with Crippen molar-refractivity contribution in [1.29, 1.82) is 0 Å². The number of rotatable bonds is 4. The zero-order valence-electron chi connectivity index (χ0n) is 15.8. The average Bonchev–Trinajstić information content (AvgIpc) is 2.84. The molecule has 0 aliphatic carbocycles. The fourth-order valence-electron chi connectivity index (χ4n) is 2.88. The topological polar surface area (TPSA) is 52.7 Å². The maximum absolute atomic E-state index is 12.5. The van der Waals surface area contributed by atoms with Crippen LogP contribution in [0.3, 0.4) is 0 Å². The molecule has 1 N–H and O–H groups in total. The predicted octanol–water partition coefficient (Wildman–Crippen LogP) is 2.91. The molecule has 2 rings (SSSR count). The molecule has 0 spiro atoms. The Morgan fingerprint density at radius 2 is 1.64 bits per heavy atom. The van der Waals surface area contributed by atoms with E-state index in [1.54, 1.807) is 0 Å². The van der Waals surface area contributed by atoms with Crippen LogP contribution in [-0.4, -0.2) is 54.5 Å². The van der Waals surface area contributed by atoms with E-state index in [0.717, 1.165) is 19.4 Å². The van der Waals surface area contributed by atoms with Crippen molar-refractivity contribution in [3.63, 3.8) is 0 Å². The summed E-state index contributed by atoms with van der Waals surface area (Å²) < 4.78 is 0. The Kier molecular flexibility index (Phi) is 6.85. The van der Waals surface area contributed by atoms with Crippen LogP contribution in [-0.2, 0) is 11.2 Å². The molecule has 5 nitrogen and oxygen atoms in total. The van der Waals surface area contributed by atoms with Crippen molar-refractivity contribution in [3.05, 3.63) is 35.9 Å². The van der Waals surface area contributed by atoms with Crippen molar-refractivity contribution >= 4 is 11.9 Å². The highest BCUT2D eigenvalue weighted by atomic mass is 16.2. The lowest BCUT2D eigenvalue weighted by atomic mass is 9.97. The summed E-state index contributed by atoms with van der Waals surface area (Å²) in [5, 5.41) is 2.99. The average molecular weight is 345 g/mol. The summed E-state index contributed by atoms with van der Waals surface area (Å²) in [4.78, 5) is 28.5. The lowest BCUT2D eigenvalue weighted by molar-refractivity contribution is -0.131. The summed E-state index contributed by atoms with van der Waals surface area (Å²) in [6.45, 7) is 9.62. The van der Waals surface area contributed by atoms with E-state index in [1.165, 1.54) is 5.56 Å². The maximum Gasteiger partial charge on any atom is 0.317 e. The predicted molar refractivity (Wildman–Crippen MR) is 100 cm³/mol. The lowest BCUT2D eigenvalue weighted by Gasteiger charge is -2.25. The number of carbonyl (C=O) groups excluding carboxylic acids is 2. The molecule has 1 saturated heterocycles. The molecule has 25 heavy (non-hydrogen) atoms. The number of amides is 3. The lowest BCUT2D eigenvalue weighted by Crippen LogP contribution is -2.44. The Morgan fingerprint density at radius 3 is 2.32 bits per heavy atom. The van der Waals surface area contributed by atoms with Crippen molar-refractivity contribution in [1.82, 2.24) is 15.1 Å². The second-order valence-electron chi connectivity index (χ2n) is 7.93. The number of urea groups is 1. The Bertz CT molecular complexity index is 566. The van der Waals surface area contributed by atoms with Crippen LogP contribution < -0.4 is 5.32 Å². The number of nitrogens with one attached hydrogen (secondary N) is 1. The Labute approximate surface area is 151 Å². The summed E-state index contributed by atoms with van der Waals surface area (Å²) in [5.74, 6) is 0.181. The minimum absolute atomic E-state index is 0.0199. The smallest absolute Gasteiger partial charge is 0.317 e. The minimum atomic E-state index is -0.0199. The van der Waals surface area contributed by atoms with Crippen LogP contribution in [0.4, 0.5) is 4.79 Å². The maximum atomic E-state index is 12.5. The summed E-state index contributed by atoms with van der Waals surface area (Å²) in [7, 11) is 0. The van der Waals surface area contributed by atoms with E-state index in [9.17, 15) is 9.59 Å². The van der Waals surface area contributed by atoms with Gasteiger partial charge in [0.05, 0.1) is 0 Å². The van der Waals surface area contributed by atoms with E-state index in [-0.39, 0.29) is 17.4 Å². The first kappa shape index (κ1) is 19.3. The molecule has 1 aliphatic rings. The van der Waals surface area contributed by atoms with Gasteiger partial charge in [-0.05, 0) is 23.8 Å². The highest BCUT2D eigenvalue weighted by Crippen LogP contribution is 2.12. The molecule has 1 aromatic carbocycles. The standard InChI is InChI=1S/C20H31N3O2/c1-20(2,3)16-21-19(25)23-13-7-12-22(14-15-23)18(24)11-10-17-8-5-4-6-9-17/h4-6,8-9H,7,10-16H2,1-3H3,(H,21,25). The van der Waals surface area contributed by atoms with Gasteiger partial charge in [0.1, 0.15) is 0 Å². The number of hydrogen-bond acceptors (Lipinski definition) is 2. The third-order valence-corrected chi connectivity index (χ3v) is 4.38. The molecule has 1 fully saturated rings. The zero-order chi connectivity index (χ0) is 18.3. The number of hydrogen-bond donors (Lipinski definition) is 1. The van der Waals surface area contributed by atoms with Crippen LogP contribution in [0.2, 0.25) is 0 Å². The highest BCUT2D eigenvalue weighted by molar-refractivity contribution is 5.77. The van der Waals surface area contributed by atoms with Gasteiger partial charge in [-0.25, -0.2) is 4.79 Å². The van der Waals surface area contributed by atoms with Crippen LogP contribution in [0.5, 0.6) is 0 Å². The van der Waals surface area contributed by atoms with Crippen LogP contribution in [0.25, 0.3) is 0 Å². The quantitative estimate of drug-likeness (QED) is 0.912. The van der Waals surface area contributed by atoms with Crippen LogP contribution >= 0.6 is 0 Å². The number of carbonyl (C=O) groups is 2. The molecule has 3 amide bonds. The molecule has 0 aromatic heterocycles. The molecule has 138 valence electrons. The third kappa shape index (κ3) is 6.77. The minimum Gasteiger partial charge on any atom is -0.341 e. The van der Waals surface area contributed by atoms with Gasteiger partial charge in [0, 0.05) is 39.1 Å². The monoisotopic (exact) mass is 345 g/mol. The van der Waals surface area contributed by atoms with Gasteiger partial charge < -0.3 is 15.1 Å². The van der Waals surface area contributed by atoms with Gasteiger partial charge in [0.25, 0.3) is 0 Å². The summed E-state index contributed by atoms with van der Waals surface area (Å²) in [6, 6.07) is 10.1. The first-order valence-corrected chi connectivity index (χ1v) is 9.20. The summed E-state index contributed by atoms with van der Waals surface area (Å²) >= 11 is 0. The van der Waals surface area contributed by atoms with E-state index in [1.807, 2.05) is 28.0 Å². The fourth-order valence-corrected chi connectivity index (χ4v) is 2.88.